The van der Waals surface area contributed by atoms with Gasteiger partial charge in [-0.05, 0) is 56.5 Å². The largest absolute Gasteiger partial charge is 0.343 e. The van der Waals surface area contributed by atoms with Gasteiger partial charge >= 0.3 is 0 Å². The second kappa shape index (κ2) is 10.0. The van der Waals surface area contributed by atoms with Crippen molar-refractivity contribution in [2.45, 2.75) is 40.0 Å². The molecule has 0 unspecified atom stereocenters. The second-order valence-electron chi connectivity index (χ2n) is 8.72. The lowest BCUT2D eigenvalue weighted by atomic mass is 9.95. The summed E-state index contributed by atoms with van der Waals surface area (Å²) in [5.41, 5.74) is 6.75. The van der Waals surface area contributed by atoms with Gasteiger partial charge in [-0.15, -0.1) is 0 Å². The number of rotatable bonds is 7. The highest BCUT2D eigenvalue weighted by Crippen LogP contribution is 2.44. The predicted molar refractivity (Wildman–Crippen MR) is 141 cm³/mol. The van der Waals surface area contributed by atoms with Crippen molar-refractivity contribution in [3.8, 4) is 27.5 Å². The van der Waals surface area contributed by atoms with Crippen molar-refractivity contribution in [3.63, 3.8) is 0 Å². The number of aromatic nitrogens is 4. The summed E-state index contributed by atoms with van der Waals surface area (Å²) in [5, 5.41) is 8.48. The fourth-order valence-electron chi connectivity index (χ4n) is 4.66. The molecule has 36 heavy (non-hydrogen) atoms. The molecule has 184 valence electrons. The van der Waals surface area contributed by atoms with Gasteiger partial charge in [0, 0.05) is 43.5 Å². The normalized spacial score (nSPS) is 12.1. The van der Waals surface area contributed by atoms with E-state index in [0.29, 0.717) is 24.6 Å². The summed E-state index contributed by atoms with van der Waals surface area (Å²) in [6.45, 7) is 6.87. The van der Waals surface area contributed by atoms with Gasteiger partial charge in [0.2, 0.25) is 11.8 Å². The summed E-state index contributed by atoms with van der Waals surface area (Å²) >= 11 is 1.47. The molecule has 1 aliphatic rings. The molecule has 9 heteroatoms. The van der Waals surface area contributed by atoms with Gasteiger partial charge in [0.15, 0.2) is 5.13 Å². The summed E-state index contributed by atoms with van der Waals surface area (Å²) in [6, 6.07) is 11.9. The fraction of sp³-hybridized carbons (Fsp3) is 0.296. The van der Waals surface area contributed by atoms with E-state index in [1.807, 2.05) is 66.0 Å². The number of nitrogens with zero attached hydrogens (tertiary/aromatic N) is 5. The Morgan fingerprint density at radius 3 is 2.69 bits per heavy atom. The molecule has 0 saturated heterocycles. The zero-order valence-electron chi connectivity index (χ0n) is 20.6. The number of hydrogen-bond donors (Lipinski definition) is 1. The molecule has 0 fully saturated rings. The van der Waals surface area contributed by atoms with Crippen molar-refractivity contribution in [1.29, 1.82) is 0 Å². The maximum atomic E-state index is 12.8. The van der Waals surface area contributed by atoms with Crippen LogP contribution >= 0.6 is 11.3 Å². The number of pyridine rings is 1. The lowest BCUT2D eigenvalue weighted by Crippen LogP contribution is -2.31. The number of nitrogens with one attached hydrogen (secondary N) is 1. The Kier molecular flexibility index (Phi) is 6.65. The van der Waals surface area contributed by atoms with Crippen LogP contribution in [0.25, 0.3) is 27.5 Å². The highest BCUT2D eigenvalue weighted by atomic mass is 32.1. The molecule has 3 heterocycles. The third-order valence-electron chi connectivity index (χ3n) is 6.35. The van der Waals surface area contributed by atoms with Crippen molar-refractivity contribution in [3.05, 3.63) is 65.6 Å². The van der Waals surface area contributed by atoms with Crippen molar-refractivity contribution < 1.29 is 9.59 Å². The van der Waals surface area contributed by atoms with Gasteiger partial charge in [-0.25, -0.2) is 9.67 Å². The molecule has 1 aromatic carbocycles. The van der Waals surface area contributed by atoms with E-state index in [1.54, 1.807) is 6.20 Å². The number of likely N-dealkylation sites (N-methyl/N-ethyl adjacent to an activating group) is 1. The number of amides is 2. The van der Waals surface area contributed by atoms with Crippen LogP contribution in [0.2, 0.25) is 0 Å². The smallest absolute Gasteiger partial charge is 0.226 e. The molecule has 0 atom stereocenters. The molecule has 3 aromatic heterocycles. The van der Waals surface area contributed by atoms with Gasteiger partial charge in [0.25, 0.3) is 0 Å². The average molecular weight is 501 g/mol. The first-order valence-electron chi connectivity index (χ1n) is 12.2. The highest BCUT2D eigenvalue weighted by Gasteiger charge is 2.30. The standard InChI is InChI=1S/C27H28N6O2S/c1-4-32(5-2)23(35)15-18-8-6-10-20(14-18)33-25-21(24(31-33)19-9-7-13-28-16-19)11-12-22-26(25)36-27(30-22)29-17(3)34/h6-10,13-14,16H,4-5,11-12,15H2,1-3H3,(H,29,30,34). The number of hydrogen-bond acceptors (Lipinski definition) is 6. The summed E-state index contributed by atoms with van der Waals surface area (Å²) in [4.78, 5) is 36.3. The van der Waals surface area contributed by atoms with E-state index in [1.165, 1.54) is 18.3 Å². The number of thiazole rings is 1. The first kappa shape index (κ1) is 23.9. The molecule has 0 aliphatic heterocycles. The van der Waals surface area contributed by atoms with Crippen LogP contribution in [-0.4, -0.2) is 49.6 Å². The molecule has 0 bridgehead atoms. The lowest BCUT2D eigenvalue weighted by molar-refractivity contribution is -0.130. The Morgan fingerprint density at radius 2 is 1.97 bits per heavy atom. The molecule has 1 N–H and O–H groups in total. The van der Waals surface area contributed by atoms with Gasteiger partial charge in [-0.3, -0.25) is 14.6 Å². The molecule has 0 spiro atoms. The molecule has 0 radical (unpaired) electrons. The van der Waals surface area contributed by atoms with E-state index < -0.39 is 0 Å². The van der Waals surface area contributed by atoms with Gasteiger partial charge in [0.1, 0.15) is 0 Å². The lowest BCUT2D eigenvalue weighted by Gasteiger charge is -2.19. The third kappa shape index (κ3) is 4.54. The maximum Gasteiger partial charge on any atom is 0.226 e. The van der Waals surface area contributed by atoms with E-state index in [9.17, 15) is 9.59 Å². The summed E-state index contributed by atoms with van der Waals surface area (Å²) in [7, 11) is 0. The van der Waals surface area contributed by atoms with Crippen LogP contribution in [0.15, 0.2) is 48.8 Å². The Morgan fingerprint density at radius 1 is 1.14 bits per heavy atom. The van der Waals surface area contributed by atoms with Crippen LogP contribution in [0.1, 0.15) is 37.6 Å². The second-order valence-corrected chi connectivity index (χ2v) is 9.72. The van der Waals surface area contributed by atoms with Crippen LogP contribution in [0.4, 0.5) is 5.13 Å². The topological polar surface area (TPSA) is 93.0 Å². The summed E-state index contributed by atoms with van der Waals surface area (Å²) in [5.74, 6) is -0.0307. The minimum Gasteiger partial charge on any atom is -0.343 e. The number of carbonyl (C=O) groups excluding carboxylic acids is 2. The molecular weight excluding hydrogens is 472 g/mol. The molecule has 0 saturated carbocycles. The van der Waals surface area contributed by atoms with Crippen molar-refractivity contribution in [2.24, 2.45) is 0 Å². The number of carbonyl (C=O) groups is 2. The van der Waals surface area contributed by atoms with Crippen molar-refractivity contribution >= 4 is 28.3 Å². The Bertz CT molecular complexity index is 1420. The van der Waals surface area contributed by atoms with Crippen LogP contribution in [-0.2, 0) is 28.9 Å². The fourth-order valence-corrected chi connectivity index (χ4v) is 5.77. The zero-order chi connectivity index (χ0) is 25.2. The predicted octanol–water partition coefficient (Wildman–Crippen LogP) is 4.53. The van der Waals surface area contributed by atoms with Crippen molar-refractivity contribution in [2.75, 3.05) is 18.4 Å². The Labute approximate surface area is 214 Å². The van der Waals surface area contributed by atoms with Crippen LogP contribution < -0.4 is 5.32 Å². The first-order valence-corrected chi connectivity index (χ1v) is 13.0. The Hall–Kier alpha value is -3.85. The van der Waals surface area contributed by atoms with Crippen LogP contribution in [0.3, 0.4) is 0 Å². The number of anilines is 1. The van der Waals surface area contributed by atoms with Gasteiger partial charge in [0.05, 0.1) is 34.1 Å². The van der Waals surface area contributed by atoms with E-state index >= 15 is 0 Å². The quantitative estimate of drug-likeness (QED) is 0.403. The average Bonchev–Trinajstić information content (AvgIpc) is 3.46. The van der Waals surface area contributed by atoms with Crippen LogP contribution in [0, 0.1) is 0 Å². The number of benzene rings is 1. The third-order valence-corrected chi connectivity index (χ3v) is 7.37. The number of fused-ring (bicyclic) bond motifs is 3. The molecular formula is C27H28N6O2S. The summed E-state index contributed by atoms with van der Waals surface area (Å²) in [6.07, 6.45) is 5.49. The van der Waals surface area contributed by atoms with E-state index in [2.05, 4.69) is 15.3 Å². The number of aryl methyl sites for hydroxylation is 1. The Balaban J connectivity index is 1.62. The van der Waals surface area contributed by atoms with Gasteiger partial charge < -0.3 is 10.2 Å². The van der Waals surface area contributed by atoms with Gasteiger partial charge in [-0.2, -0.15) is 5.10 Å². The van der Waals surface area contributed by atoms with E-state index in [4.69, 9.17) is 5.10 Å². The highest BCUT2D eigenvalue weighted by molar-refractivity contribution is 7.19. The first-order chi connectivity index (χ1) is 17.5. The monoisotopic (exact) mass is 500 g/mol. The van der Waals surface area contributed by atoms with Crippen LogP contribution in [0.5, 0.6) is 0 Å². The van der Waals surface area contributed by atoms with Crippen molar-refractivity contribution in [1.82, 2.24) is 24.6 Å². The molecule has 2 amide bonds. The molecule has 8 nitrogen and oxygen atoms in total. The molecule has 5 rings (SSSR count). The SMILES string of the molecule is CCN(CC)C(=O)Cc1cccc(-n2nc(-c3cccnc3)c3c2-c2sc(NC(C)=O)nc2CC3)c1. The maximum absolute atomic E-state index is 12.8. The molecule has 4 aromatic rings. The minimum atomic E-state index is -0.142. The van der Waals surface area contributed by atoms with E-state index in [0.717, 1.165) is 57.2 Å². The van der Waals surface area contributed by atoms with Gasteiger partial charge in [-0.1, -0.05) is 23.5 Å². The minimum absolute atomic E-state index is 0.111. The summed E-state index contributed by atoms with van der Waals surface area (Å²) < 4.78 is 1.96. The van der Waals surface area contributed by atoms with E-state index in [-0.39, 0.29) is 11.8 Å². The molecule has 1 aliphatic carbocycles. The zero-order valence-corrected chi connectivity index (χ0v) is 21.4.